The van der Waals surface area contributed by atoms with E-state index in [1.807, 2.05) is 30.3 Å². The first-order chi connectivity index (χ1) is 14.1. The molecule has 1 N–H and O–H groups in total. The first-order valence-electron chi connectivity index (χ1n) is 10.9. The van der Waals surface area contributed by atoms with Gasteiger partial charge in [-0.25, -0.2) is 4.79 Å². The van der Waals surface area contributed by atoms with Crippen molar-refractivity contribution in [3.63, 3.8) is 0 Å². The van der Waals surface area contributed by atoms with Gasteiger partial charge in [0.2, 0.25) is 0 Å². The second kappa shape index (κ2) is 16.2. The Kier molecular flexibility index (Phi) is 14.2. The standard InChI is InChI=1S/C12H10O4.C12H26S/c13-10-9(11(14)16-12(10)15)7-6-8-4-2-1-3-5-8;1-2-3-4-5-6-7-8-9-10-11-12-13/h1-7,9-10,13H;13H,2-12H2,1H3. The van der Waals surface area contributed by atoms with Crippen molar-refractivity contribution in [1.29, 1.82) is 0 Å². The zero-order valence-corrected chi connectivity index (χ0v) is 18.5. The quantitative estimate of drug-likeness (QED) is 0.200. The van der Waals surface area contributed by atoms with Crippen molar-refractivity contribution in [1.82, 2.24) is 0 Å². The maximum absolute atomic E-state index is 11.2. The van der Waals surface area contributed by atoms with E-state index in [2.05, 4.69) is 24.3 Å². The van der Waals surface area contributed by atoms with Crippen molar-refractivity contribution in [2.45, 2.75) is 77.2 Å². The number of hydrogen-bond acceptors (Lipinski definition) is 5. The van der Waals surface area contributed by atoms with Crippen LogP contribution in [0.15, 0.2) is 36.4 Å². The monoisotopic (exact) mass is 420 g/mol. The summed E-state index contributed by atoms with van der Waals surface area (Å²) in [6, 6.07) is 9.29. The van der Waals surface area contributed by atoms with E-state index in [0.29, 0.717) is 0 Å². The molecule has 1 heterocycles. The van der Waals surface area contributed by atoms with Gasteiger partial charge in [-0.1, -0.05) is 107 Å². The molecule has 4 nitrogen and oxygen atoms in total. The zero-order chi connectivity index (χ0) is 21.3. The maximum Gasteiger partial charge on any atom is 0.343 e. The van der Waals surface area contributed by atoms with Crippen LogP contribution in [-0.4, -0.2) is 28.9 Å². The highest BCUT2D eigenvalue weighted by atomic mass is 32.1. The topological polar surface area (TPSA) is 63.6 Å². The van der Waals surface area contributed by atoms with Crippen molar-refractivity contribution in [3.8, 4) is 0 Å². The minimum atomic E-state index is -1.38. The van der Waals surface area contributed by atoms with Crippen LogP contribution < -0.4 is 0 Å². The number of unbranched alkanes of at least 4 members (excludes halogenated alkanes) is 9. The molecule has 1 aliphatic rings. The van der Waals surface area contributed by atoms with Gasteiger partial charge in [-0.2, -0.15) is 12.6 Å². The molecule has 1 aliphatic heterocycles. The Morgan fingerprint density at radius 3 is 1.93 bits per heavy atom. The van der Waals surface area contributed by atoms with Gasteiger partial charge in [0.15, 0.2) is 6.10 Å². The van der Waals surface area contributed by atoms with Crippen LogP contribution in [0.25, 0.3) is 6.08 Å². The van der Waals surface area contributed by atoms with E-state index in [-0.39, 0.29) is 0 Å². The summed E-state index contributed by atoms with van der Waals surface area (Å²) in [6.45, 7) is 2.28. The molecule has 0 aliphatic carbocycles. The van der Waals surface area contributed by atoms with Gasteiger partial charge in [0, 0.05) is 0 Å². The molecule has 0 aromatic heterocycles. The fourth-order valence-electron chi connectivity index (χ4n) is 3.07. The summed E-state index contributed by atoms with van der Waals surface area (Å²) in [7, 11) is 0. The van der Waals surface area contributed by atoms with Crippen LogP contribution in [0.2, 0.25) is 0 Å². The van der Waals surface area contributed by atoms with E-state index in [0.717, 1.165) is 11.3 Å². The van der Waals surface area contributed by atoms with Crippen molar-refractivity contribution < 1.29 is 19.4 Å². The summed E-state index contributed by atoms with van der Waals surface area (Å²) in [5.74, 6) is -1.42. The van der Waals surface area contributed by atoms with Crippen molar-refractivity contribution in [3.05, 3.63) is 42.0 Å². The van der Waals surface area contributed by atoms with Gasteiger partial charge < -0.3 is 9.84 Å². The predicted molar refractivity (Wildman–Crippen MR) is 122 cm³/mol. The number of benzene rings is 1. The lowest BCUT2D eigenvalue weighted by molar-refractivity contribution is -0.154. The minimum Gasteiger partial charge on any atom is -0.391 e. The second-order valence-electron chi connectivity index (χ2n) is 7.39. The molecule has 2 unspecified atom stereocenters. The molecule has 5 heteroatoms. The van der Waals surface area contributed by atoms with Crippen LogP contribution in [0.5, 0.6) is 0 Å². The Bertz CT molecular complexity index is 590. The molecule has 2 atom stereocenters. The molecule has 0 saturated carbocycles. The van der Waals surface area contributed by atoms with Crippen LogP contribution in [0, 0.1) is 5.92 Å². The molecule has 1 fully saturated rings. The van der Waals surface area contributed by atoms with Gasteiger partial charge in [0.25, 0.3) is 0 Å². The first kappa shape index (κ1) is 25.4. The van der Waals surface area contributed by atoms with Gasteiger partial charge in [0.1, 0.15) is 5.92 Å². The van der Waals surface area contributed by atoms with E-state index in [1.165, 1.54) is 70.3 Å². The molecule has 2 rings (SSSR count). The largest absolute Gasteiger partial charge is 0.391 e. The van der Waals surface area contributed by atoms with E-state index in [4.69, 9.17) is 0 Å². The third kappa shape index (κ3) is 11.2. The van der Waals surface area contributed by atoms with Gasteiger partial charge in [-0.3, -0.25) is 4.79 Å². The van der Waals surface area contributed by atoms with Crippen molar-refractivity contribution >= 4 is 30.6 Å². The number of carbonyl (C=O) groups excluding carboxylic acids is 2. The number of aliphatic hydroxyl groups is 1. The van der Waals surface area contributed by atoms with Crippen molar-refractivity contribution in [2.24, 2.45) is 5.92 Å². The number of thiol groups is 1. The Hall–Kier alpha value is -1.59. The maximum atomic E-state index is 11.2. The lowest BCUT2D eigenvalue weighted by atomic mass is 10.0. The number of hydrogen-bond donors (Lipinski definition) is 2. The molecule has 1 aromatic carbocycles. The number of aliphatic hydroxyl groups excluding tert-OH is 1. The number of ether oxygens (including phenoxy) is 1. The molecule has 0 amide bonds. The fraction of sp³-hybridized carbons (Fsp3) is 0.583. The van der Waals surface area contributed by atoms with Gasteiger partial charge in [0.05, 0.1) is 0 Å². The van der Waals surface area contributed by atoms with E-state index in [1.54, 1.807) is 6.08 Å². The minimum absolute atomic E-state index is 0.704. The normalized spacial score (nSPS) is 18.6. The zero-order valence-electron chi connectivity index (χ0n) is 17.6. The van der Waals surface area contributed by atoms with Crippen LogP contribution in [0.4, 0.5) is 0 Å². The first-order valence-corrected chi connectivity index (χ1v) is 11.5. The molecule has 0 radical (unpaired) electrons. The molecule has 0 spiro atoms. The highest BCUT2D eigenvalue weighted by molar-refractivity contribution is 7.80. The lowest BCUT2D eigenvalue weighted by Gasteiger charge is -2.01. The van der Waals surface area contributed by atoms with Gasteiger partial charge in [-0.05, 0) is 17.7 Å². The Morgan fingerprint density at radius 2 is 1.45 bits per heavy atom. The van der Waals surface area contributed by atoms with Crippen LogP contribution in [0.1, 0.15) is 76.7 Å². The third-order valence-electron chi connectivity index (χ3n) is 4.86. The molecule has 1 saturated heterocycles. The summed E-state index contributed by atoms with van der Waals surface area (Å²) in [4.78, 5) is 22.0. The van der Waals surface area contributed by atoms with Crippen LogP contribution in [-0.2, 0) is 14.3 Å². The van der Waals surface area contributed by atoms with E-state index in [9.17, 15) is 14.7 Å². The molecule has 29 heavy (non-hydrogen) atoms. The average Bonchev–Trinajstić information content (AvgIpc) is 2.98. The van der Waals surface area contributed by atoms with Crippen LogP contribution in [0.3, 0.4) is 0 Å². The summed E-state index contributed by atoms with van der Waals surface area (Å²) in [6.07, 6.45) is 16.0. The SMILES string of the molecule is CCCCCCCCCCCCS.O=C1OC(=O)C(C=Cc2ccccc2)C1O. The van der Waals surface area contributed by atoms with Crippen molar-refractivity contribution in [2.75, 3.05) is 5.75 Å². The summed E-state index contributed by atoms with van der Waals surface area (Å²) in [5.41, 5.74) is 0.891. The second-order valence-corrected chi connectivity index (χ2v) is 7.83. The summed E-state index contributed by atoms with van der Waals surface area (Å²) in [5, 5.41) is 9.36. The third-order valence-corrected chi connectivity index (χ3v) is 5.18. The van der Waals surface area contributed by atoms with Gasteiger partial charge in [-0.15, -0.1) is 0 Å². The number of cyclic esters (lactones) is 2. The predicted octanol–water partition coefficient (Wildman–Crippen LogP) is 5.60. The Morgan fingerprint density at radius 1 is 0.897 bits per heavy atom. The fourth-order valence-corrected chi connectivity index (χ4v) is 3.29. The lowest BCUT2D eigenvalue weighted by Crippen LogP contribution is -2.21. The Balaban J connectivity index is 0.000000298. The molecule has 0 bridgehead atoms. The number of carbonyl (C=O) groups is 2. The molecule has 162 valence electrons. The number of rotatable bonds is 12. The molecule has 1 aromatic rings. The highest BCUT2D eigenvalue weighted by Gasteiger charge is 2.41. The summed E-state index contributed by atoms with van der Waals surface area (Å²) < 4.78 is 4.30. The molecular formula is C24H36O4S. The van der Waals surface area contributed by atoms with Crippen LogP contribution >= 0.6 is 12.6 Å². The summed E-state index contributed by atoms with van der Waals surface area (Å²) >= 11 is 4.20. The average molecular weight is 421 g/mol. The molecular weight excluding hydrogens is 384 g/mol. The highest BCUT2D eigenvalue weighted by Crippen LogP contribution is 2.19. The van der Waals surface area contributed by atoms with E-state index >= 15 is 0 Å². The Labute approximate surface area is 181 Å². The smallest absolute Gasteiger partial charge is 0.343 e. The van der Waals surface area contributed by atoms with Gasteiger partial charge >= 0.3 is 11.9 Å². The van der Waals surface area contributed by atoms with E-state index < -0.39 is 24.0 Å². The number of esters is 2.